The van der Waals surface area contributed by atoms with E-state index in [1.54, 1.807) is 36.1 Å². The van der Waals surface area contributed by atoms with Crippen molar-refractivity contribution in [2.75, 3.05) is 31.6 Å². The number of carbonyl (C=O) groups excluding carboxylic acids is 3. The van der Waals surface area contributed by atoms with Crippen LogP contribution in [0.5, 0.6) is 5.75 Å². The van der Waals surface area contributed by atoms with Crippen LogP contribution in [0.15, 0.2) is 24.3 Å². The SMILES string of the molecule is CCOC(=O)N1CCC(NC(=O)COc2cccc(NC(=O)C3CC3)c2)CC1. The largest absolute Gasteiger partial charge is 0.484 e. The normalized spacial score (nSPS) is 17.0. The lowest BCUT2D eigenvalue weighted by molar-refractivity contribution is -0.124. The number of benzene rings is 1. The van der Waals surface area contributed by atoms with Gasteiger partial charge < -0.3 is 25.0 Å². The number of likely N-dealkylation sites (tertiary alicyclic amines) is 1. The van der Waals surface area contributed by atoms with Crippen LogP contribution in [0.1, 0.15) is 32.6 Å². The molecule has 2 aliphatic rings. The van der Waals surface area contributed by atoms with Gasteiger partial charge in [0.25, 0.3) is 5.91 Å². The van der Waals surface area contributed by atoms with E-state index >= 15 is 0 Å². The van der Waals surface area contributed by atoms with E-state index in [1.165, 1.54) is 0 Å². The highest BCUT2D eigenvalue weighted by Crippen LogP contribution is 2.30. The summed E-state index contributed by atoms with van der Waals surface area (Å²) >= 11 is 0. The van der Waals surface area contributed by atoms with Crippen molar-refractivity contribution in [1.29, 1.82) is 0 Å². The Bertz CT molecular complexity index is 712. The van der Waals surface area contributed by atoms with E-state index in [2.05, 4.69) is 10.6 Å². The smallest absolute Gasteiger partial charge is 0.409 e. The molecular formula is C20H27N3O5. The summed E-state index contributed by atoms with van der Waals surface area (Å²) in [4.78, 5) is 37.3. The van der Waals surface area contributed by atoms with Crippen molar-refractivity contribution in [3.05, 3.63) is 24.3 Å². The van der Waals surface area contributed by atoms with Gasteiger partial charge in [0.15, 0.2) is 6.61 Å². The molecule has 2 fully saturated rings. The molecule has 8 nitrogen and oxygen atoms in total. The van der Waals surface area contributed by atoms with Gasteiger partial charge in [0, 0.05) is 36.8 Å². The predicted molar refractivity (Wildman–Crippen MR) is 103 cm³/mol. The lowest BCUT2D eigenvalue weighted by Crippen LogP contribution is -2.47. The van der Waals surface area contributed by atoms with Gasteiger partial charge in [0.1, 0.15) is 5.75 Å². The number of ether oxygens (including phenoxy) is 2. The molecule has 0 atom stereocenters. The zero-order valence-corrected chi connectivity index (χ0v) is 16.1. The zero-order chi connectivity index (χ0) is 19.9. The first-order valence-corrected chi connectivity index (χ1v) is 9.80. The summed E-state index contributed by atoms with van der Waals surface area (Å²) in [7, 11) is 0. The fourth-order valence-electron chi connectivity index (χ4n) is 3.09. The van der Waals surface area contributed by atoms with Crippen LogP contribution in [0, 0.1) is 5.92 Å². The number of hydrogen-bond donors (Lipinski definition) is 2. The number of piperidine rings is 1. The van der Waals surface area contributed by atoms with Crippen molar-refractivity contribution < 1.29 is 23.9 Å². The lowest BCUT2D eigenvalue weighted by atomic mass is 10.1. The Morgan fingerprint density at radius 3 is 2.57 bits per heavy atom. The molecule has 0 bridgehead atoms. The number of nitrogens with zero attached hydrogens (tertiary/aromatic N) is 1. The summed E-state index contributed by atoms with van der Waals surface area (Å²) in [6.07, 6.45) is 2.96. The molecule has 1 saturated heterocycles. The van der Waals surface area contributed by atoms with E-state index in [9.17, 15) is 14.4 Å². The Hall–Kier alpha value is -2.77. The molecule has 1 aromatic rings. The maximum absolute atomic E-state index is 12.2. The summed E-state index contributed by atoms with van der Waals surface area (Å²) in [5, 5.41) is 5.80. The Balaban J connectivity index is 1.39. The molecule has 8 heteroatoms. The fraction of sp³-hybridized carbons (Fsp3) is 0.550. The van der Waals surface area contributed by atoms with Crippen molar-refractivity contribution in [1.82, 2.24) is 10.2 Å². The second kappa shape index (κ2) is 9.43. The van der Waals surface area contributed by atoms with Crippen molar-refractivity contribution in [3.63, 3.8) is 0 Å². The van der Waals surface area contributed by atoms with Crippen LogP contribution in [0.3, 0.4) is 0 Å². The van der Waals surface area contributed by atoms with Crippen LogP contribution in [0.25, 0.3) is 0 Å². The average Bonchev–Trinajstić information content (AvgIpc) is 3.53. The lowest BCUT2D eigenvalue weighted by Gasteiger charge is -2.31. The maximum atomic E-state index is 12.2. The number of hydrogen-bond acceptors (Lipinski definition) is 5. The van der Waals surface area contributed by atoms with Gasteiger partial charge in [0.05, 0.1) is 6.61 Å². The van der Waals surface area contributed by atoms with Crippen LogP contribution in [-0.4, -0.2) is 55.2 Å². The minimum atomic E-state index is -0.302. The van der Waals surface area contributed by atoms with Crippen molar-refractivity contribution in [3.8, 4) is 5.75 Å². The Morgan fingerprint density at radius 2 is 1.89 bits per heavy atom. The third-order valence-corrected chi connectivity index (χ3v) is 4.81. The Kier molecular flexibility index (Phi) is 6.73. The molecular weight excluding hydrogens is 362 g/mol. The fourth-order valence-corrected chi connectivity index (χ4v) is 3.09. The quantitative estimate of drug-likeness (QED) is 0.745. The summed E-state index contributed by atoms with van der Waals surface area (Å²) in [6.45, 7) is 3.17. The monoisotopic (exact) mass is 389 g/mol. The standard InChI is InChI=1S/C20H27N3O5/c1-2-27-20(26)23-10-8-15(9-11-23)21-18(24)13-28-17-5-3-4-16(12-17)22-19(25)14-6-7-14/h3-5,12,14-15H,2,6-11,13H2,1H3,(H,21,24)(H,22,25). The molecule has 2 N–H and O–H groups in total. The van der Waals surface area contributed by atoms with Crippen LogP contribution >= 0.6 is 0 Å². The number of anilines is 1. The Morgan fingerprint density at radius 1 is 1.14 bits per heavy atom. The summed E-state index contributed by atoms with van der Waals surface area (Å²) in [6, 6.07) is 7.06. The van der Waals surface area contributed by atoms with E-state index in [4.69, 9.17) is 9.47 Å². The van der Waals surface area contributed by atoms with Gasteiger partial charge in [-0.2, -0.15) is 0 Å². The highest BCUT2D eigenvalue weighted by molar-refractivity contribution is 5.94. The van der Waals surface area contributed by atoms with Gasteiger partial charge in [0.2, 0.25) is 5.91 Å². The molecule has 152 valence electrons. The van der Waals surface area contributed by atoms with Crippen LogP contribution in [0.4, 0.5) is 10.5 Å². The molecule has 1 heterocycles. The summed E-state index contributed by atoms with van der Waals surface area (Å²) < 4.78 is 10.5. The Labute approximate surface area is 164 Å². The topological polar surface area (TPSA) is 97.0 Å². The average molecular weight is 389 g/mol. The van der Waals surface area contributed by atoms with Gasteiger partial charge in [-0.1, -0.05) is 6.07 Å². The van der Waals surface area contributed by atoms with Gasteiger partial charge >= 0.3 is 6.09 Å². The van der Waals surface area contributed by atoms with Crippen molar-refractivity contribution in [2.45, 2.75) is 38.6 Å². The third kappa shape index (κ3) is 5.87. The molecule has 1 aliphatic heterocycles. The van der Waals surface area contributed by atoms with Gasteiger partial charge in [-0.05, 0) is 44.7 Å². The van der Waals surface area contributed by atoms with Crippen molar-refractivity contribution in [2.24, 2.45) is 5.92 Å². The van der Waals surface area contributed by atoms with Crippen molar-refractivity contribution >= 4 is 23.6 Å². The van der Waals surface area contributed by atoms with Crippen LogP contribution < -0.4 is 15.4 Å². The minimum Gasteiger partial charge on any atom is -0.484 e. The summed E-state index contributed by atoms with van der Waals surface area (Å²) in [5.74, 6) is 0.484. The van der Waals surface area contributed by atoms with E-state index < -0.39 is 0 Å². The highest BCUT2D eigenvalue weighted by Gasteiger charge is 2.29. The molecule has 1 saturated carbocycles. The first kappa shape index (κ1) is 20.0. The first-order valence-electron chi connectivity index (χ1n) is 9.80. The maximum Gasteiger partial charge on any atom is 0.409 e. The number of carbonyl (C=O) groups is 3. The first-order chi connectivity index (χ1) is 13.5. The highest BCUT2D eigenvalue weighted by atomic mass is 16.6. The molecule has 1 aliphatic carbocycles. The molecule has 0 unspecified atom stereocenters. The molecule has 28 heavy (non-hydrogen) atoms. The second-order valence-electron chi connectivity index (χ2n) is 7.11. The summed E-state index contributed by atoms with van der Waals surface area (Å²) in [5.41, 5.74) is 0.668. The van der Waals surface area contributed by atoms with Gasteiger partial charge in [-0.25, -0.2) is 4.79 Å². The van der Waals surface area contributed by atoms with Gasteiger partial charge in [-0.3, -0.25) is 9.59 Å². The molecule has 0 spiro atoms. The van der Waals surface area contributed by atoms with Crippen LogP contribution in [0.2, 0.25) is 0 Å². The number of amides is 3. The van der Waals surface area contributed by atoms with E-state index in [0.717, 1.165) is 12.8 Å². The number of nitrogens with one attached hydrogen (secondary N) is 2. The minimum absolute atomic E-state index is 0.0194. The van der Waals surface area contributed by atoms with E-state index in [1.807, 2.05) is 0 Å². The molecule has 3 amide bonds. The molecule has 0 aromatic heterocycles. The third-order valence-electron chi connectivity index (χ3n) is 4.81. The molecule has 3 rings (SSSR count). The number of rotatable bonds is 7. The predicted octanol–water partition coefficient (Wildman–Crippen LogP) is 2.15. The zero-order valence-electron chi connectivity index (χ0n) is 16.1. The molecule has 0 radical (unpaired) electrons. The van der Waals surface area contributed by atoms with E-state index in [0.29, 0.717) is 44.0 Å². The second-order valence-corrected chi connectivity index (χ2v) is 7.11. The van der Waals surface area contributed by atoms with Crippen LogP contribution in [-0.2, 0) is 14.3 Å². The molecule has 1 aromatic carbocycles. The van der Waals surface area contributed by atoms with Gasteiger partial charge in [-0.15, -0.1) is 0 Å². The van der Waals surface area contributed by atoms with E-state index in [-0.39, 0.29) is 36.5 Å².